The molecule has 0 radical (unpaired) electrons. The Morgan fingerprint density at radius 2 is 2.05 bits per heavy atom. The van der Waals surface area contributed by atoms with Crippen molar-refractivity contribution in [3.8, 4) is 0 Å². The third kappa shape index (κ3) is 3.90. The second-order valence-corrected chi connectivity index (χ2v) is 6.33. The molecule has 6 heteroatoms. The number of likely N-dealkylation sites (tertiary alicyclic amines) is 1. The molecule has 1 aromatic rings. The first-order valence-corrected chi connectivity index (χ1v) is 7.56. The van der Waals surface area contributed by atoms with Gasteiger partial charge in [0.1, 0.15) is 0 Å². The number of alkyl halides is 3. The molecular weight excluding hydrogens is 287 g/mol. The lowest BCUT2D eigenvalue weighted by Gasteiger charge is -2.46. The minimum absolute atomic E-state index is 0.555. The second kappa shape index (κ2) is 5.95. The molecular formula is C14H18F3NOS. The lowest BCUT2D eigenvalue weighted by molar-refractivity contribution is -0.137. The summed E-state index contributed by atoms with van der Waals surface area (Å²) in [6.07, 6.45) is -3.55. The summed E-state index contributed by atoms with van der Waals surface area (Å²) in [5.41, 5.74) is -1.16. The van der Waals surface area contributed by atoms with E-state index in [4.69, 9.17) is 0 Å². The van der Waals surface area contributed by atoms with Gasteiger partial charge in [-0.3, -0.25) is 4.90 Å². The van der Waals surface area contributed by atoms with Crippen molar-refractivity contribution in [3.63, 3.8) is 0 Å². The Hall–Kier alpha value is -0.720. The van der Waals surface area contributed by atoms with E-state index in [1.807, 2.05) is 6.92 Å². The van der Waals surface area contributed by atoms with Gasteiger partial charge in [-0.15, -0.1) is 11.8 Å². The number of nitrogens with zero attached hydrogens (tertiary/aromatic N) is 1. The van der Waals surface area contributed by atoms with Crippen LogP contribution in [0.1, 0.15) is 18.9 Å². The monoisotopic (exact) mass is 305 g/mol. The molecule has 20 heavy (non-hydrogen) atoms. The zero-order chi connectivity index (χ0) is 14.8. The van der Waals surface area contributed by atoms with Gasteiger partial charge in [-0.1, -0.05) is 13.0 Å². The Kier molecular flexibility index (Phi) is 4.66. The van der Waals surface area contributed by atoms with Crippen LogP contribution in [0.25, 0.3) is 0 Å². The molecule has 1 heterocycles. The third-order valence-corrected chi connectivity index (χ3v) is 4.51. The van der Waals surface area contributed by atoms with Crippen molar-refractivity contribution in [2.24, 2.45) is 0 Å². The quantitative estimate of drug-likeness (QED) is 0.845. The molecule has 1 aliphatic heterocycles. The highest BCUT2D eigenvalue weighted by Crippen LogP contribution is 2.32. The first-order valence-electron chi connectivity index (χ1n) is 6.57. The first-order chi connectivity index (χ1) is 9.32. The molecule has 0 spiro atoms. The Balaban J connectivity index is 1.78. The van der Waals surface area contributed by atoms with Crippen LogP contribution < -0.4 is 0 Å². The van der Waals surface area contributed by atoms with Crippen LogP contribution in [0.2, 0.25) is 0 Å². The van der Waals surface area contributed by atoms with E-state index < -0.39 is 17.3 Å². The van der Waals surface area contributed by atoms with Crippen LogP contribution in [-0.2, 0) is 6.18 Å². The van der Waals surface area contributed by atoms with Crippen LogP contribution in [0.4, 0.5) is 13.2 Å². The SMILES string of the molecule is CCC1(O)CN(CCSc2cccc(C(F)(F)F)c2)C1. The largest absolute Gasteiger partial charge is 0.416 e. The van der Waals surface area contributed by atoms with Crippen LogP contribution in [0.3, 0.4) is 0 Å². The van der Waals surface area contributed by atoms with E-state index >= 15 is 0 Å². The number of rotatable bonds is 5. The number of aliphatic hydroxyl groups is 1. The smallest absolute Gasteiger partial charge is 0.387 e. The van der Waals surface area contributed by atoms with Crippen molar-refractivity contribution in [2.45, 2.75) is 30.0 Å². The number of hydrogen-bond acceptors (Lipinski definition) is 3. The highest BCUT2D eigenvalue weighted by atomic mass is 32.2. The van der Waals surface area contributed by atoms with Gasteiger partial charge in [-0.25, -0.2) is 0 Å². The van der Waals surface area contributed by atoms with Crippen molar-refractivity contribution < 1.29 is 18.3 Å². The van der Waals surface area contributed by atoms with E-state index in [9.17, 15) is 18.3 Å². The van der Waals surface area contributed by atoms with Gasteiger partial charge < -0.3 is 5.11 Å². The van der Waals surface area contributed by atoms with E-state index in [1.54, 1.807) is 6.07 Å². The van der Waals surface area contributed by atoms with Gasteiger partial charge in [-0.2, -0.15) is 13.2 Å². The molecule has 0 unspecified atom stereocenters. The third-order valence-electron chi connectivity index (χ3n) is 3.53. The van der Waals surface area contributed by atoms with Crippen molar-refractivity contribution in [1.82, 2.24) is 4.90 Å². The molecule has 0 aliphatic carbocycles. The molecule has 0 saturated carbocycles. The highest BCUT2D eigenvalue weighted by Gasteiger charge is 2.38. The predicted molar refractivity (Wildman–Crippen MR) is 73.8 cm³/mol. The summed E-state index contributed by atoms with van der Waals surface area (Å²) in [7, 11) is 0. The van der Waals surface area contributed by atoms with Gasteiger partial charge in [0.05, 0.1) is 11.2 Å². The van der Waals surface area contributed by atoms with E-state index in [2.05, 4.69) is 4.90 Å². The van der Waals surface area contributed by atoms with Crippen molar-refractivity contribution in [2.75, 3.05) is 25.4 Å². The first kappa shape index (κ1) is 15.7. The van der Waals surface area contributed by atoms with Crippen molar-refractivity contribution in [1.29, 1.82) is 0 Å². The van der Waals surface area contributed by atoms with Gasteiger partial charge in [0, 0.05) is 30.3 Å². The van der Waals surface area contributed by atoms with E-state index in [1.165, 1.54) is 23.9 Å². The molecule has 2 rings (SSSR count). The molecule has 1 N–H and O–H groups in total. The topological polar surface area (TPSA) is 23.5 Å². The number of β-amino-alcohol motifs (C(OH)–C–C–N with tert-alkyl or cyclic N) is 1. The normalized spacial score (nSPS) is 18.9. The minimum atomic E-state index is -4.29. The standard InChI is InChI=1S/C14H18F3NOS/c1-2-13(19)9-18(10-13)6-7-20-12-5-3-4-11(8-12)14(15,16)17/h3-5,8,19H,2,6-7,9-10H2,1H3. The van der Waals surface area contributed by atoms with E-state index in [0.717, 1.165) is 24.8 Å². The lowest BCUT2D eigenvalue weighted by Crippen LogP contribution is -2.61. The molecule has 112 valence electrons. The Labute approximate surface area is 121 Å². The number of halogens is 3. The minimum Gasteiger partial charge on any atom is -0.387 e. The average Bonchev–Trinajstić information content (AvgIpc) is 2.36. The second-order valence-electron chi connectivity index (χ2n) is 5.16. The summed E-state index contributed by atoms with van der Waals surface area (Å²) >= 11 is 1.41. The Morgan fingerprint density at radius 3 is 2.65 bits per heavy atom. The highest BCUT2D eigenvalue weighted by molar-refractivity contribution is 7.99. The van der Waals surface area contributed by atoms with Gasteiger partial charge in [-0.05, 0) is 24.6 Å². The Bertz CT molecular complexity index is 458. The number of benzene rings is 1. The summed E-state index contributed by atoms with van der Waals surface area (Å²) < 4.78 is 37.7. The van der Waals surface area contributed by atoms with Gasteiger partial charge in [0.2, 0.25) is 0 Å². The molecule has 2 nitrogen and oxygen atoms in total. The van der Waals surface area contributed by atoms with Crippen LogP contribution in [0.5, 0.6) is 0 Å². The maximum Gasteiger partial charge on any atom is 0.416 e. The fraction of sp³-hybridized carbons (Fsp3) is 0.571. The van der Waals surface area contributed by atoms with E-state index in [-0.39, 0.29) is 0 Å². The van der Waals surface area contributed by atoms with Crippen molar-refractivity contribution >= 4 is 11.8 Å². The zero-order valence-electron chi connectivity index (χ0n) is 11.3. The summed E-state index contributed by atoms with van der Waals surface area (Å²) in [5.74, 6) is 0.723. The fourth-order valence-electron chi connectivity index (χ4n) is 2.22. The number of thioether (sulfide) groups is 1. The molecule has 1 saturated heterocycles. The van der Waals surface area contributed by atoms with Crippen LogP contribution in [0.15, 0.2) is 29.2 Å². The summed E-state index contributed by atoms with van der Waals surface area (Å²) in [4.78, 5) is 2.75. The maximum atomic E-state index is 12.6. The molecule has 0 amide bonds. The van der Waals surface area contributed by atoms with E-state index in [0.29, 0.717) is 18.0 Å². The zero-order valence-corrected chi connectivity index (χ0v) is 12.1. The summed E-state index contributed by atoms with van der Waals surface area (Å²) in [6.45, 7) is 4.05. The molecule has 0 aromatic heterocycles. The van der Waals surface area contributed by atoms with Crippen LogP contribution >= 0.6 is 11.8 Å². The molecule has 0 atom stereocenters. The summed E-state index contributed by atoms with van der Waals surface area (Å²) in [6, 6.07) is 5.40. The molecule has 1 aromatic carbocycles. The molecule has 1 fully saturated rings. The van der Waals surface area contributed by atoms with Gasteiger partial charge >= 0.3 is 6.18 Å². The lowest BCUT2D eigenvalue weighted by atomic mass is 9.92. The Morgan fingerprint density at radius 1 is 1.35 bits per heavy atom. The van der Waals surface area contributed by atoms with Crippen LogP contribution in [0, 0.1) is 0 Å². The summed E-state index contributed by atoms with van der Waals surface area (Å²) in [5, 5.41) is 9.86. The maximum absolute atomic E-state index is 12.6. The van der Waals surface area contributed by atoms with Gasteiger partial charge in [0.15, 0.2) is 0 Å². The fourth-order valence-corrected chi connectivity index (χ4v) is 3.19. The molecule has 1 aliphatic rings. The average molecular weight is 305 g/mol. The number of hydrogen-bond donors (Lipinski definition) is 1. The molecule has 0 bridgehead atoms. The van der Waals surface area contributed by atoms with Crippen molar-refractivity contribution in [3.05, 3.63) is 29.8 Å². The van der Waals surface area contributed by atoms with Gasteiger partial charge in [0.25, 0.3) is 0 Å². The predicted octanol–water partition coefficient (Wildman–Crippen LogP) is 3.25. The van der Waals surface area contributed by atoms with Crippen LogP contribution in [-0.4, -0.2) is 41.0 Å².